The highest BCUT2D eigenvalue weighted by Gasteiger charge is 2.22. The highest BCUT2D eigenvalue weighted by atomic mass is 32.2. The van der Waals surface area contributed by atoms with Crippen LogP contribution in [0.3, 0.4) is 0 Å². The predicted octanol–water partition coefficient (Wildman–Crippen LogP) is 4.50. The molecule has 3 rings (SSSR count). The highest BCUT2D eigenvalue weighted by molar-refractivity contribution is 7.92. The van der Waals surface area contributed by atoms with Crippen molar-refractivity contribution >= 4 is 21.6 Å². The number of amides is 1. The Bertz CT molecular complexity index is 1190. The number of hydrogen-bond donors (Lipinski definition) is 1. The molecule has 1 unspecified atom stereocenters. The Hall–Kier alpha value is -3.32. The van der Waals surface area contributed by atoms with Gasteiger partial charge < -0.3 is 10.1 Å². The van der Waals surface area contributed by atoms with Gasteiger partial charge in [-0.1, -0.05) is 55.5 Å². The molecule has 0 aliphatic carbocycles. The molecule has 7 heteroatoms. The van der Waals surface area contributed by atoms with Crippen LogP contribution in [0, 0.1) is 6.92 Å². The Balaban J connectivity index is 1.72. The van der Waals surface area contributed by atoms with Gasteiger partial charge in [-0.25, -0.2) is 8.42 Å². The van der Waals surface area contributed by atoms with Gasteiger partial charge in [-0.15, -0.1) is 0 Å². The lowest BCUT2D eigenvalue weighted by Gasteiger charge is -2.25. The molecule has 0 aromatic heterocycles. The summed E-state index contributed by atoms with van der Waals surface area (Å²) in [5, 5.41) is 2.97. The first-order valence-electron chi connectivity index (χ1n) is 10.7. The molecule has 33 heavy (non-hydrogen) atoms. The van der Waals surface area contributed by atoms with Crippen molar-refractivity contribution in [2.45, 2.75) is 26.3 Å². The van der Waals surface area contributed by atoms with E-state index in [1.807, 2.05) is 43.3 Å². The number of methoxy groups -OCH3 is 1. The number of carbonyl (C=O) groups is 1. The first kappa shape index (κ1) is 24.3. The quantitative estimate of drug-likeness (QED) is 0.504. The molecule has 3 aromatic rings. The minimum Gasteiger partial charge on any atom is -0.495 e. The molecule has 0 aliphatic heterocycles. The molecule has 1 amide bonds. The number of hydrogen-bond acceptors (Lipinski definition) is 4. The normalized spacial score (nSPS) is 12.1. The molecule has 0 bridgehead atoms. The van der Waals surface area contributed by atoms with Crippen LogP contribution >= 0.6 is 0 Å². The first-order chi connectivity index (χ1) is 15.7. The fourth-order valence-electron chi connectivity index (χ4n) is 3.55. The smallest absolute Gasteiger partial charge is 0.251 e. The third-order valence-electron chi connectivity index (χ3n) is 5.48. The zero-order valence-corrected chi connectivity index (χ0v) is 20.2. The van der Waals surface area contributed by atoms with E-state index < -0.39 is 10.0 Å². The maximum absolute atomic E-state index is 12.6. The molecule has 1 N–H and O–H groups in total. The van der Waals surface area contributed by atoms with E-state index >= 15 is 0 Å². The van der Waals surface area contributed by atoms with Crippen LogP contribution in [-0.4, -0.2) is 34.2 Å². The molecule has 3 aromatic carbocycles. The van der Waals surface area contributed by atoms with E-state index in [0.717, 1.165) is 11.1 Å². The number of ether oxygens (including phenoxy) is 1. The summed E-state index contributed by atoms with van der Waals surface area (Å²) in [6.07, 6.45) is 1.17. The second-order valence-corrected chi connectivity index (χ2v) is 10.1. The van der Waals surface area contributed by atoms with Crippen LogP contribution < -0.4 is 14.4 Å². The molecule has 0 saturated carbocycles. The molecule has 0 aliphatic rings. The second-order valence-electron chi connectivity index (χ2n) is 8.16. The van der Waals surface area contributed by atoms with E-state index in [4.69, 9.17) is 4.74 Å². The highest BCUT2D eigenvalue weighted by Crippen LogP contribution is 2.32. The van der Waals surface area contributed by atoms with E-state index in [0.29, 0.717) is 23.5 Å². The van der Waals surface area contributed by atoms with E-state index in [9.17, 15) is 13.2 Å². The number of anilines is 1. The van der Waals surface area contributed by atoms with Crippen LogP contribution in [0.25, 0.3) is 0 Å². The lowest BCUT2D eigenvalue weighted by Crippen LogP contribution is -2.30. The van der Waals surface area contributed by atoms with Gasteiger partial charge in [0.05, 0.1) is 25.6 Å². The predicted molar refractivity (Wildman–Crippen MR) is 132 cm³/mol. The minimum atomic E-state index is -3.56. The van der Waals surface area contributed by atoms with Crippen molar-refractivity contribution in [3.8, 4) is 5.75 Å². The number of benzene rings is 3. The Morgan fingerprint density at radius 2 is 1.70 bits per heavy atom. The fourth-order valence-corrected chi connectivity index (χ4v) is 4.43. The Labute approximate surface area is 196 Å². The number of rotatable bonds is 9. The molecular weight excluding hydrogens is 436 g/mol. The van der Waals surface area contributed by atoms with Crippen molar-refractivity contribution in [1.82, 2.24) is 5.32 Å². The average Bonchev–Trinajstić information content (AvgIpc) is 2.81. The van der Waals surface area contributed by atoms with Crippen LogP contribution in [0.2, 0.25) is 0 Å². The van der Waals surface area contributed by atoms with E-state index in [1.165, 1.54) is 23.2 Å². The van der Waals surface area contributed by atoms with Gasteiger partial charge in [-0.05, 0) is 53.8 Å². The third-order valence-corrected chi connectivity index (χ3v) is 6.61. The summed E-state index contributed by atoms with van der Waals surface area (Å²) in [4.78, 5) is 12.6. The molecule has 6 nitrogen and oxygen atoms in total. The fraction of sp³-hybridized carbons (Fsp3) is 0.269. The van der Waals surface area contributed by atoms with Crippen molar-refractivity contribution in [3.63, 3.8) is 0 Å². The van der Waals surface area contributed by atoms with Gasteiger partial charge in [0.15, 0.2) is 0 Å². The lowest BCUT2D eigenvalue weighted by molar-refractivity contribution is 0.0951. The van der Waals surface area contributed by atoms with Crippen molar-refractivity contribution in [1.29, 1.82) is 0 Å². The van der Waals surface area contributed by atoms with Gasteiger partial charge in [-0.3, -0.25) is 9.10 Å². The average molecular weight is 467 g/mol. The Morgan fingerprint density at radius 3 is 2.30 bits per heavy atom. The van der Waals surface area contributed by atoms with Gasteiger partial charge >= 0.3 is 0 Å². The molecule has 174 valence electrons. The van der Waals surface area contributed by atoms with Crippen LogP contribution in [0.1, 0.15) is 39.9 Å². The maximum atomic E-state index is 12.6. The monoisotopic (exact) mass is 466 g/mol. The number of aryl methyl sites for hydroxylation is 1. The molecular formula is C26H30N2O4S. The van der Waals surface area contributed by atoms with E-state index in [1.54, 1.807) is 36.4 Å². The number of sulfonamides is 1. The van der Waals surface area contributed by atoms with Crippen molar-refractivity contribution in [3.05, 3.63) is 95.1 Å². The summed E-state index contributed by atoms with van der Waals surface area (Å²) in [5.41, 5.74) is 3.87. The van der Waals surface area contributed by atoms with Crippen LogP contribution in [0.5, 0.6) is 5.75 Å². The summed E-state index contributed by atoms with van der Waals surface area (Å²) < 4.78 is 31.8. The lowest BCUT2D eigenvalue weighted by atomic mass is 10.0. The summed E-state index contributed by atoms with van der Waals surface area (Å²) in [6, 6.07) is 22.4. The topological polar surface area (TPSA) is 75.7 Å². The van der Waals surface area contributed by atoms with Crippen LogP contribution in [0.15, 0.2) is 72.8 Å². The van der Waals surface area contributed by atoms with Gasteiger partial charge in [0.1, 0.15) is 5.75 Å². The second kappa shape index (κ2) is 10.5. The molecule has 0 fully saturated rings. The van der Waals surface area contributed by atoms with Crippen molar-refractivity contribution in [2.24, 2.45) is 0 Å². The largest absolute Gasteiger partial charge is 0.495 e. The first-order valence-corrected chi connectivity index (χ1v) is 12.6. The number of nitrogens with zero attached hydrogens (tertiary/aromatic N) is 1. The van der Waals surface area contributed by atoms with Gasteiger partial charge in [0.2, 0.25) is 10.0 Å². The van der Waals surface area contributed by atoms with Gasteiger partial charge in [-0.2, -0.15) is 0 Å². The SMILES string of the molecule is COc1ccc(C)cc1N(Cc1ccc(C(=O)NCC(C)c2ccccc2)cc1)S(C)(=O)=O. The number of carbonyl (C=O) groups excluding carboxylic acids is 1. The Morgan fingerprint density at radius 1 is 1.03 bits per heavy atom. The van der Waals surface area contributed by atoms with Gasteiger partial charge in [0, 0.05) is 12.1 Å². The maximum Gasteiger partial charge on any atom is 0.251 e. The molecule has 0 radical (unpaired) electrons. The minimum absolute atomic E-state index is 0.131. The third kappa shape index (κ3) is 6.35. The molecule has 0 saturated heterocycles. The van der Waals surface area contributed by atoms with Gasteiger partial charge in [0.25, 0.3) is 5.91 Å². The zero-order chi connectivity index (χ0) is 24.0. The van der Waals surface area contributed by atoms with E-state index in [-0.39, 0.29) is 18.4 Å². The molecule has 0 heterocycles. The standard InChI is InChI=1S/C26H30N2O4S/c1-19-10-15-25(32-3)24(16-19)28(33(4,30)31)18-21-11-13-23(14-12-21)26(29)27-17-20(2)22-8-6-5-7-9-22/h5-16,20H,17-18H2,1-4H3,(H,27,29). The van der Waals surface area contributed by atoms with Crippen molar-refractivity contribution < 1.29 is 17.9 Å². The van der Waals surface area contributed by atoms with Crippen LogP contribution in [-0.2, 0) is 16.6 Å². The van der Waals surface area contributed by atoms with E-state index in [2.05, 4.69) is 12.2 Å². The Kier molecular flexibility index (Phi) is 7.76. The molecule has 1 atom stereocenters. The van der Waals surface area contributed by atoms with Crippen molar-refractivity contribution in [2.75, 3.05) is 24.2 Å². The zero-order valence-electron chi connectivity index (χ0n) is 19.4. The number of nitrogens with one attached hydrogen (secondary N) is 1. The summed E-state index contributed by atoms with van der Waals surface area (Å²) in [6.45, 7) is 4.62. The molecule has 0 spiro atoms. The summed E-state index contributed by atoms with van der Waals surface area (Å²) in [7, 11) is -2.05. The summed E-state index contributed by atoms with van der Waals surface area (Å²) in [5.74, 6) is 0.515. The van der Waals surface area contributed by atoms with Crippen LogP contribution in [0.4, 0.5) is 5.69 Å². The summed E-state index contributed by atoms with van der Waals surface area (Å²) >= 11 is 0.